The maximum Gasteiger partial charge on any atom is 0.337 e. The first-order valence-electron chi connectivity index (χ1n) is 6.25. The molecule has 1 aromatic carbocycles. The predicted octanol–water partition coefficient (Wildman–Crippen LogP) is 3.00. The first-order valence-corrected chi connectivity index (χ1v) is 6.25. The summed E-state index contributed by atoms with van der Waals surface area (Å²) in [5, 5.41) is 12.4. The van der Waals surface area contributed by atoms with E-state index < -0.39 is 5.97 Å². The van der Waals surface area contributed by atoms with Crippen LogP contribution in [0.1, 0.15) is 36.5 Å². The van der Waals surface area contributed by atoms with Crippen molar-refractivity contribution in [2.24, 2.45) is 5.41 Å². The maximum absolute atomic E-state index is 11.2. The molecule has 1 aliphatic rings. The molecule has 2 rings (SSSR count). The Hall–Kier alpha value is -1.71. The van der Waals surface area contributed by atoms with E-state index in [4.69, 9.17) is 9.84 Å². The Bertz CT molecular complexity index is 452. The summed E-state index contributed by atoms with van der Waals surface area (Å²) in [4.78, 5) is 11.2. The minimum Gasteiger partial charge on any atom is -0.497 e. The van der Waals surface area contributed by atoms with Crippen LogP contribution in [0.2, 0.25) is 0 Å². The van der Waals surface area contributed by atoms with Crippen molar-refractivity contribution in [3.05, 3.63) is 23.8 Å². The van der Waals surface area contributed by atoms with Crippen molar-refractivity contribution in [2.75, 3.05) is 19.0 Å². The van der Waals surface area contributed by atoms with Gasteiger partial charge < -0.3 is 15.2 Å². The summed E-state index contributed by atoms with van der Waals surface area (Å²) in [6.07, 6.45) is 3.58. The molecule has 4 nitrogen and oxygen atoms in total. The van der Waals surface area contributed by atoms with Crippen molar-refractivity contribution in [3.63, 3.8) is 0 Å². The number of carbonyl (C=O) groups is 1. The van der Waals surface area contributed by atoms with Gasteiger partial charge in [-0.3, -0.25) is 0 Å². The molecule has 1 aromatic rings. The van der Waals surface area contributed by atoms with Gasteiger partial charge in [-0.15, -0.1) is 0 Å². The minimum atomic E-state index is -0.915. The van der Waals surface area contributed by atoms with Gasteiger partial charge in [0.1, 0.15) is 5.75 Å². The fraction of sp³-hybridized carbons (Fsp3) is 0.500. The highest BCUT2D eigenvalue weighted by Gasteiger charge is 2.40. The molecule has 0 amide bonds. The topological polar surface area (TPSA) is 58.6 Å². The summed E-state index contributed by atoms with van der Waals surface area (Å²) in [5.74, 6) is -0.245. The number of anilines is 1. The summed E-state index contributed by atoms with van der Waals surface area (Å²) in [6.45, 7) is 3.01. The zero-order chi connectivity index (χ0) is 13.2. The standard InChI is InChI=1S/C14H19NO3/c1-3-14(6-7-14)9-15-12-8-10(18-2)4-5-11(12)13(16)17/h4-5,8,15H,3,6-7,9H2,1-2H3,(H,16,17). The molecular weight excluding hydrogens is 230 g/mol. The lowest BCUT2D eigenvalue weighted by atomic mass is 10.0. The summed E-state index contributed by atoms with van der Waals surface area (Å²) in [5.41, 5.74) is 1.31. The summed E-state index contributed by atoms with van der Waals surface area (Å²) < 4.78 is 5.13. The second-order valence-corrected chi connectivity index (χ2v) is 4.92. The molecule has 4 heteroatoms. The Morgan fingerprint density at radius 1 is 1.50 bits per heavy atom. The summed E-state index contributed by atoms with van der Waals surface area (Å²) >= 11 is 0. The van der Waals surface area contributed by atoms with Crippen LogP contribution in [0, 0.1) is 5.41 Å². The van der Waals surface area contributed by atoms with E-state index in [2.05, 4.69) is 12.2 Å². The van der Waals surface area contributed by atoms with Crippen LogP contribution in [0.5, 0.6) is 5.75 Å². The SMILES string of the molecule is CCC1(CNc2cc(OC)ccc2C(=O)O)CC1. The number of methoxy groups -OCH3 is 1. The predicted molar refractivity (Wildman–Crippen MR) is 70.4 cm³/mol. The molecule has 0 radical (unpaired) electrons. The maximum atomic E-state index is 11.2. The Kier molecular flexibility index (Phi) is 3.45. The number of carboxylic acids is 1. The molecule has 0 spiro atoms. The van der Waals surface area contributed by atoms with Crippen LogP contribution in [0.4, 0.5) is 5.69 Å². The van der Waals surface area contributed by atoms with Crippen molar-refractivity contribution in [1.82, 2.24) is 0 Å². The number of nitrogens with one attached hydrogen (secondary N) is 1. The van der Waals surface area contributed by atoms with Gasteiger partial charge in [-0.1, -0.05) is 6.92 Å². The van der Waals surface area contributed by atoms with Crippen LogP contribution in [0.15, 0.2) is 18.2 Å². The van der Waals surface area contributed by atoms with Gasteiger partial charge in [-0.05, 0) is 36.8 Å². The van der Waals surface area contributed by atoms with E-state index in [0.29, 0.717) is 22.4 Å². The van der Waals surface area contributed by atoms with Crippen molar-refractivity contribution >= 4 is 11.7 Å². The van der Waals surface area contributed by atoms with Crippen LogP contribution in [0.25, 0.3) is 0 Å². The van der Waals surface area contributed by atoms with Crippen molar-refractivity contribution in [3.8, 4) is 5.75 Å². The van der Waals surface area contributed by atoms with Crippen molar-refractivity contribution in [1.29, 1.82) is 0 Å². The highest BCUT2D eigenvalue weighted by atomic mass is 16.5. The van der Waals surface area contributed by atoms with Gasteiger partial charge in [-0.2, -0.15) is 0 Å². The van der Waals surface area contributed by atoms with Gasteiger partial charge in [0, 0.05) is 12.6 Å². The zero-order valence-corrected chi connectivity index (χ0v) is 10.8. The molecule has 18 heavy (non-hydrogen) atoms. The molecule has 0 saturated heterocycles. The van der Waals surface area contributed by atoms with E-state index in [-0.39, 0.29) is 0 Å². The van der Waals surface area contributed by atoms with Crippen LogP contribution in [-0.4, -0.2) is 24.7 Å². The average Bonchev–Trinajstić information content (AvgIpc) is 3.16. The molecule has 1 fully saturated rings. The fourth-order valence-electron chi connectivity index (χ4n) is 2.10. The molecule has 98 valence electrons. The minimum absolute atomic E-state index is 0.294. The average molecular weight is 249 g/mol. The van der Waals surface area contributed by atoms with Crippen LogP contribution < -0.4 is 10.1 Å². The number of rotatable bonds is 6. The normalized spacial score (nSPS) is 16.1. The summed E-state index contributed by atoms with van der Waals surface area (Å²) in [7, 11) is 1.58. The molecule has 0 atom stereocenters. The van der Waals surface area contributed by atoms with Crippen LogP contribution >= 0.6 is 0 Å². The number of carboxylic acid groups (broad SMARTS) is 1. The smallest absolute Gasteiger partial charge is 0.337 e. The highest BCUT2D eigenvalue weighted by Crippen LogP contribution is 2.48. The highest BCUT2D eigenvalue weighted by molar-refractivity contribution is 5.94. The van der Waals surface area contributed by atoms with Gasteiger partial charge in [0.25, 0.3) is 0 Å². The Balaban J connectivity index is 2.16. The molecule has 0 bridgehead atoms. The molecule has 2 N–H and O–H groups in total. The molecule has 0 aromatic heterocycles. The Morgan fingerprint density at radius 2 is 2.22 bits per heavy atom. The molecule has 0 aliphatic heterocycles. The van der Waals surface area contributed by atoms with Gasteiger partial charge in [0.05, 0.1) is 18.4 Å². The van der Waals surface area contributed by atoms with Crippen molar-refractivity contribution < 1.29 is 14.6 Å². The molecule has 1 saturated carbocycles. The monoisotopic (exact) mass is 249 g/mol. The van der Waals surface area contributed by atoms with Crippen LogP contribution in [0.3, 0.4) is 0 Å². The second kappa shape index (κ2) is 4.88. The van der Waals surface area contributed by atoms with E-state index in [1.807, 2.05) is 0 Å². The lowest BCUT2D eigenvalue weighted by Crippen LogP contribution is -2.16. The Morgan fingerprint density at radius 3 is 2.72 bits per heavy atom. The van der Waals surface area contributed by atoms with Crippen molar-refractivity contribution in [2.45, 2.75) is 26.2 Å². The van der Waals surface area contributed by atoms with E-state index in [1.54, 1.807) is 25.3 Å². The third-order valence-electron chi connectivity index (χ3n) is 3.82. The first-order chi connectivity index (χ1) is 8.60. The van der Waals surface area contributed by atoms with E-state index in [0.717, 1.165) is 13.0 Å². The molecule has 0 unspecified atom stereocenters. The Labute approximate surface area is 107 Å². The number of benzene rings is 1. The third kappa shape index (κ3) is 2.58. The largest absolute Gasteiger partial charge is 0.497 e. The zero-order valence-electron chi connectivity index (χ0n) is 10.8. The number of aromatic carboxylic acids is 1. The number of ether oxygens (including phenoxy) is 1. The van der Waals surface area contributed by atoms with E-state index in [9.17, 15) is 4.79 Å². The quantitative estimate of drug-likeness (QED) is 0.813. The van der Waals surface area contributed by atoms with Gasteiger partial charge in [0.15, 0.2) is 0 Å². The second-order valence-electron chi connectivity index (χ2n) is 4.92. The van der Waals surface area contributed by atoms with E-state index in [1.165, 1.54) is 12.8 Å². The van der Waals surface area contributed by atoms with Gasteiger partial charge in [-0.25, -0.2) is 4.79 Å². The molecule has 1 aliphatic carbocycles. The number of hydrogen-bond donors (Lipinski definition) is 2. The van der Waals surface area contributed by atoms with Crippen LogP contribution in [-0.2, 0) is 0 Å². The van der Waals surface area contributed by atoms with Gasteiger partial charge in [0.2, 0.25) is 0 Å². The van der Waals surface area contributed by atoms with E-state index >= 15 is 0 Å². The van der Waals surface area contributed by atoms with Gasteiger partial charge >= 0.3 is 5.97 Å². The lowest BCUT2D eigenvalue weighted by Gasteiger charge is -2.16. The lowest BCUT2D eigenvalue weighted by molar-refractivity contribution is 0.0698. The summed E-state index contributed by atoms with van der Waals surface area (Å²) in [6, 6.07) is 4.99. The molecular formula is C14H19NO3. The molecule has 0 heterocycles. The first kappa shape index (κ1) is 12.7. The number of hydrogen-bond acceptors (Lipinski definition) is 3. The fourth-order valence-corrected chi connectivity index (χ4v) is 2.10. The third-order valence-corrected chi connectivity index (χ3v) is 3.82.